The summed E-state index contributed by atoms with van der Waals surface area (Å²) >= 11 is 0.885. The topological polar surface area (TPSA) is 180 Å². The highest BCUT2D eigenvalue weighted by molar-refractivity contribution is 7.92. The second-order valence-corrected chi connectivity index (χ2v) is 15.9. The van der Waals surface area contributed by atoms with Crippen LogP contribution < -0.4 is 24.8 Å². The maximum absolute atomic E-state index is 13.0. The quantitative estimate of drug-likeness (QED) is 0.0740. The van der Waals surface area contributed by atoms with Gasteiger partial charge in [0.2, 0.25) is 0 Å². The predicted octanol–water partition coefficient (Wildman–Crippen LogP) is 5.24. The van der Waals surface area contributed by atoms with Gasteiger partial charge in [0.1, 0.15) is 23.7 Å². The Hall–Kier alpha value is -4.82. The van der Waals surface area contributed by atoms with Gasteiger partial charge in [0.25, 0.3) is 21.8 Å². The fourth-order valence-electron chi connectivity index (χ4n) is 5.31. The molecule has 12 nitrogen and oxygen atoms in total. The summed E-state index contributed by atoms with van der Waals surface area (Å²) in [5, 5.41) is 9.72. The van der Waals surface area contributed by atoms with Gasteiger partial charge in [-0.15, -0.1) is 11.3 Å². The van der Waals surface area contributed by atoms with Crippen molar-refractivity contribution in [2.45, 2.75) is 4.21 Å². The largest absolute Gasteiger partial charge is 0.488 e. The van der Waals surface area contributed by atoms with Crippen molar-refractivity contribution in [2.75, 3.05) is 32.6 Å². The molecule has 0 bridgehead atoms. The number of hydrogen-bond acceptors (Lipinski definition) is 8. The van der Waals surface area contributed by atoms with Crippen LogP contribution in [-0.2, 0) is 14.6 Å². The van der Waals surface area contributed by atoms with Gasteiger partial charge in [-0.05, 0) is 51.2 Å². The van der Waals surface area contributed by atoms with Gasteiger partial charge in [-0.25, -0.2) is 8.42 Å². The summed E-state index contributed by atoms with van der Waals surface area (Å²) in [7, 11) is -8.85. The lowest BCUT2D eigenvalue weighted by Gasteiger charge is -2.14. The number of sulfonamides is 1. The molecule has 0 radical (unpaired) electrons. The third kappa shape index (κ3) is 8.30. The third-order valence-electron chi connectivity index (χ3n) is 7.64. The van der Waals surface area contributed by atoms with Crippen molar-refractivity contribution in [3.63, 3.8) is 0 Å². The molecular formula is C35H32N3O9PS2. The molecule has 0 spiro atoms. The van der Waals surface area contributed by atoms with Gasteiger partial charge < -0.3 is 29.9 Å². The average molecular weight is 734 g/mol. The molecule has 0 saturated carbocycles. The Morgan fingerprint density at radius 1 is 0.680 bits per heavy atom. The number of amides is 2. The number of rotatable bonds is 14. The van der Waals surface area contributed by atoms with Gasteiger partial charge in [-0.1, -0.05) is 72.8 Å². The van der Waals surface area contributed by atoms with Crippen molar-refractivity contribution in [1.29, 1.82) is 0 Å². The summed E-state index contributed by atoms with van der Waals surface area (Å²) in [5.41, 5.74) is 1.05. The van der Waals surface area contributed by atoms with Gasteiger partial charge in [0.05, 0.1) is 13.1 Å². The summed E-state index contributed by atoms with van der Waals surface area (Å²) in [6.45, 7) is 0.402. The second-order valence-electron chi connectivity index (χ2n) is 11.1. The van der Waals surface area contributed by atoms with E-state index in [1.54, 1.807) is 24.3 Å². The number of hydrogen-bond donors (Lipinski definition) is 5. The second kappa shape index (κ2) is 15.0. The molecule has 2 amide bonds. The molecule has 15 heteroatoms. The smallest absolute Gasteiger partial charge is 0.340 e. The van der Waals surface area contributed by atoms with Crippen LogP contribution in [0.15, 0.2) is 107 Å². The van der Waals surface area contributed by atoms with Crippen molar-refractivity contribution >= 4 is 72.4 Å². The molecule has 0 aliphatic rings. The highest BCUT2D eigenvalue weighted by Gasteiger charge is 2.23. The van der Waals surface area contributed by atoms with Crippen LogP contribution in [0.4, 0.5) is 0 Å². The number of carbonyl (C=O) groups excluding carboxylic acids is 2. The van der Waals surface area contributed by atoms with E-state index >= 15 is 0 Å². The summed E-state index contributed by atoms with van der Waals surface area (Å²) in [5.74, 6) is -0.00148. The van der Waals surface area contributed by atoms with Crippen LogP contribution in [0, 0.1) is 0 Å². The lowest BCUT2D eigenvalue weighted by molar-refractivity contribution is 0.0938. The Morgan fingerprint density at radius 2 is 1.18 bits per heavy atom. The Balaban J connectivity index is 1.16. The van der Waals surface area contributed by atoms with E-state index in [1.807, 2.05) is 77.5 Å². The number of ether oxygens (including phenoxy) is 2. The number of carbonyl (C=O) groups is 2. The van der Waals surface area contributed by atoms with Crippen LogP contribution in [-0.4, -0.2) is 62.6 Å². The first-order valence-electron chi connectivity index (χ1n) is 15.4. The Labute approximate surface area is 291 Å². The van der Waals surface area contributed by atoms with E-state index in [4.69, 9.17) is 19.3 Å². The standard InChI is InChI=1S/C35H32N3O9PS2/c39-34(28-13-5-9-23-7-1-3-11-26(23)28)36-15-17-46-30-19-25-20-33(50(44,45)38-22-48(41,42)43)49-32(25)21-31(30)47-18-16-37-35(40)29-14-6-10-24-8-2-4-12-27(24)29/h1-14,19-21,38H,15-18,22H2,(H,36,39)(H,37,40)(H2,41,42,43). The number of fused-ring (bicyclic) bond motifs is 3. The molecule has 0 saturated heterocycles. The van der Waals surface area contributed by atoms with Crippen molar-refractivity contribution in [3.8, 4) is 11.5 Å². The zero-order valence-corrected chi connectivity index (χ0v) is 28.9. The lowest BCUT2D eigenvalue weighted by Crippen LogP contribution is -2.29. The molecule has 50 heavy (non-hydrogen) atoms. The Bertz CT molecular complexity index is 2230. The molecule has 6 rings (SSSR count). The maximum Gasteiger partial charge on any atom is 0.340 e. The molecule has 0 aliphatic heterocycles. The molecule has 258 valence electrons. The minimum atomic E-state index is -4.63. The first-order valence-corrected chi connectivity index (χ1v) is 19.5. The first-order chi connectivity index (χ1) is 24.0. The van der Waals surface area contributed by atoms with Crippen LogP contribution >= 0.6 is 18.9 Å². The predicted molar refractivity (Wildman–Crippen MR) is 193 cm³/mol. The van der Waals surface area contributed by atoms with Crippen molar-refractivity contribution in [1.82, 2.24) is 15.4 Å². The molecule has 0 aliphatic carbocycles. The lowest BCUT2D eigenvalue weighted by atomic mass is 10.0. The van der Waals surface area contributed by atoms with Gasteiger partial charge in [-0.2, -0.15) is 4.72 Å². The number of nitrogens with one attached hydrogen (secondary N) is 3. The maximum atomic E-state index is 13.0. The van der Waals surface area contributed by atoms with E-state index in [1.165, 1.54) is 6.07 Å². The normalized spacial score (nSPS) is 11.9. The molecule has 6 aromatic rings. The average Bonchev–Trinajstić information content (AvgIpc) is 3.54. The number of benzene rings is 5. The van der Waals surface area contributed by atoms with Crippen LogP contribution in [0.1, 0.15) is 20.7 Å². The first kappa shape index (κ1) is 35.0. The van der Waals surface area contributed by atoms with E-state index in [0.29, 0.717) is 21.2 Å². The zero-order chi connectivity index (χ0) is 35.3. The SMILES string of the molecule is O=C(NCCOc1cc2cc(S(=O)(=O)NCP(=O)(O)O)sc2cc1OCCNC(=O)c1cccc2ccccc12)c1cccc2ccccc12. The van der Waals surface area contributed by atoms with Crippen molar-refractivity contribution in [2.24, 2.45) is 0 Å². The number of thiophene rings is 1. The Morgan fingerprint density at radius 3 is 1.72 bits per heavy atom. The molecular weight excluding hydrogens is 702 g/mol. The van der Waals surface area contributed by atoms with Gasteiger partial charge in [0.15, 0.2) is 11.5 Å². The fraction of sp³-hybridized carbons (Fsp3) is 0.143. The molecule has 0 unspecified atom stereocenters. The third-order valence-corrected chi connectivity index (χ3v) is 11.4. The molecule has 5 N–H and O–H groups in total. The zero-order valence-electron chi connectivity index (χ0n) is 26.4. The summed E-state index contributed by atoms with van der Waals surface area (Å²) in [6, 6.07) is 30.7. The van der Waals surface area contributed by atoms with E-state index in [0.717, 1.165) is 32.9 Å². The van der Waals surface area contributed by atoms with Crippen LogP contribution in [0.5, 0.6) is 11.5 Å². The Kier molecular flexibility index (Phi) is 10.5. The van der Waals surface area contributed by atoms with Crippen LogP contribution in [0.25, 0.3) is 31.6 Å². The van der Waals surface area contributed by atoms with E-state index in [9.17, 15) is 22.6 Å². The van der Waals surface area contributed by atoms with Gasteiger partial charge in [0, 0.05) is 21.9 Å². The van der Waals surface area contributed by atoms with Gasteiger partial charge in [-0.3, -0.25) is 14.2 Å². The van der Waals surface area contributed by atoms with E-state index in [2.05, 4.69) is 10.6 Å². The van der Waals surface area contributed by atoms with E-state index < -0.39 is 23.9 Å². The highest BCUT2D eigenvalue weighted by atomic mass is 32.2. The summed E-state index contributed by atoms with van der Waals surface area (Å²) < 4.78 is 51.1. The summed E-state index contributed by atoms with van der Waals surface area (Å²) in [4.78, 5) is 44.3. The minimum Gasteiger partial charge on any atom is -0.488 e. The molecule has 1 aromatic heterocycles. The van der Waals surface area contributed by atoms with Crippen molar-refractivity contribution in [3.05, 3.63) is 114 Å². The molecule has 0 atom stereocenters. The fourth-order valence-corrected chi connectivity index (χ4v) is 8.78. The monoisotopic (exact) mass is 733 g/mol. The van der Waals surface area contributed by atoms with Gasteiger partial charge >= 0.3 is 7.60 Å². The van der Waals surface area contributed by atoms with Crippen LogP contribution in [0.3, 0.4) is 0 Å². The molecule has 1 heterocycles. The summed E-state index contributed by atoms with van der Waals surface area (Å²) in [6.07, 6.45) is -1.04. The van der Waals surface area contributed by atoms with Crippen LogP contribution in [0.2, 0.25) is 0 Å². The van der Waals surface area contributed by atoms with Crippen molar-refractivity contribution < 1.29 is 41.8 Å². The van der Waals surface area contributed by atoms with E-state index in [-0.39, 0.29) is 53.8 Å². The highest BCUT2D eigenvalue weighted by Crippen LogP contribution is 2.39. The molecule has 5 aromatic carbocycles. The minimum absolute atomic E-state index is 0.0509. The molecule has 0 fully saturated rings.